The SMILES string of the molecule is COc1cc2oc(-c3ccc(F)cc3)cc(=O)c2c(O)c1OC. The van der Waals surface area contributed by atoms with Crippen molar-refractivity contribution in [2.45, 2.75) is 0 Å². The summed E-state index contributed by atoms with van der Waals surface area (Å²) >= 11 is 0. The first-order chi connectivity index (χ1) is 11.0. The van der Waals surface area contributed by atoms with Gasteiger partial charge in [-0.05, 0) is 24.3 Å². The van der Waals surface area contributed by atoms with E-state index in [9.17, 15) is 14.3 Å². The Morgan fingerprint density at radius 1 is 1.09 bits per heavy atom. The van der Waals surface area contributed by atoms with Gasteiger partial charge in [-0.1, -0.05) is 0 Å². The number of aromatic hydroxyl groups is 1. The highest BCUT2D eigenvalue weighted by Crippen LogP contribution is 2.41. The van der Waals surface area contributed by atoms with Crippen molar-refractivity contribution in [2.75, 3.05) is 14.2 Å². The van der Waals surface area contributed by atoms with Crippen LogP contribution in [0.3, 0.4) is 0 Å². The van der Waals surface area contributed by atoms with Crippen LogP contribution in [0.25, 0.3) is 22.3 Å². The predicted octanol–water partition coefficient (Wildman–Crippen LogP) is 3.32. The van der Waals surface area contributed by atoms with E-state index in [0.717, 1.165) is 0 Å². The van der Waals surface area contributed by atoms with Crippen molar-refractivity contribution in [1.82, 2.24) is 0 Å². The molecular formula is C17H13FO5. The molecule has 0 atom stereocenters. The predicted molar refractivity (Wildman–Crippen MR) is 82.6 cm³/mol. The average Bonchev–Trinajstić information content (AvgIpc) is 2.54. The molecule has 3 rings (SSSR count). The molecule has 1 N–H and O–H groups in total. The highest BCUT2D eigenvalue weighted by atomic mass is 19.1. The van der Waals surface area contributed by atoms with Gasteiger partial charge in [-0.2, -0.15) is 0 Å². The fourth-order valence-electron chi connectivity index (χ4n) is 2.37. The van der Waals surface area contributed by atoms with Gasteiger partial charge < -0.3 is 19.0 Å². The zero-order valence-corrected chi connectivity index (χ0v) is 12.4. The summed E-state index contributed by atoms with van der Waals surface area (Å²) in [5, 5.41) is 10.2. The summed E-state index contributed by atoms with van der Waals surface area (Å²) in [5.74, 6) is -0.185. The molecule has 1 aromatic heterocycles. The highest BCUT2D eigenvalue weighted by Gasteiger charge is 2.19. The van der Waals surface area contributed by atoms with Crippen molar-refractivity contribution < 1.29 is 23.4 Å². The number of hydrogen-bond donors (Lipinski definition) is 1. The summed E-state index contributed by atoms with van der Waals surface area (Å²) < 4.78 is 28.9. The lowest BCUT2D eigenvalue weighted by Crippen LogP contribution is -2.02. The molecule has 5 nitrogen and oxygen atoms in total. The molecule has 6 heteroatoms. The van der Waals surface area contributed by atoms with Gasteiger partial charge in [-0.3, -0.25) is 4.79 Å². The maximum atomic E-state index is 13.0. The second kappa shape index (κ2) is 5.64. The molecule has 0 fully saturated rings. The third kappa shape index (κ3) is 2.48. The van der Waals surface area contributed by atoms with E-state index in [1.807, 2.05) is 0 Å². The third-order valence-electron chi connectivity index (χ3n) is 3.47. The van der Waals surface area contributed by atoms with Crippen molar-refractivity contribution in [3.8, 4) is 28.6 Å². The number of hydrogen-bond acceptors (Lipinski definition) is 5. The molecule has 0 spiro atoms. The summed E-state index contributed by atoms with van der Waals surface area (Å²) in [7, 11) is 2.77. The number of phenolic OH excluding ortho intramolecular Hbond substituents is 1. The van der Waals surface area contributed by atoms with Gasteiger partial charge >= 0.3 is 0 Å². The van der Waals surface area contributed by atoms with E-state index < -0.39 is 5.43 Å². The second-order valence-electron chi connectivity index (χ2n) is 4.82. The van der Waals surface area contributed by atoms with Gasteiger partial charge in [0.2, 0.25) is 5.75 Å². The van der Waals surface area contributed by atoms with Gasteiger partial charge in [0.05, 0.1) is 14.2 Å². The Morgan fingerprint density at radius 2 is 1.78 bits per heavy atom. The lowest BCUT2D eigenvalue weighted by atomic mass is 10.1. The van der Waals surface area contributed by atoms with E-state index in [4.69, 9.17) is 13.9 Å². The van der Waals surface area contributed by atoms with E-state index >= 15 is 0 Å². The summed E-state index contributed by atoms with van der Waals surface area (Å²) in [6.07, 6.45) is 0. The molecule has 0 saturated heterocycles. The van der Waals surface area contributed by atoms with Gasteiger partial charge in [0.25, 0.3) is 0 Å². The summed E-state index contributed by atoms with van der Waals surface area (Å²) in [4.78, 5) is 12.3. The lowest BCUT2D eigenvalue weighted by Gasteiger charge is -2.11. The Hall–Kier alpha value is -3.02. The lowest BCUT2D eigenvalue weighted by molar-refractivity contribution is 0.334. The standard InChI is InChI=1S/C17H13FO5/c1-21-14-8-13-15(16(20)17(14)22-2)11(19)7-12(23-13)9-3-5-10(18)6-4-9/h3-8,20H,1-2H3. The molecule has 0 radical (unpaired) electrons. The maximum Gasteiger partial charge on any atom is 0.204 e. The fourth-order valence-corrected chi connectivity index (χ4v) is 2.37. The molecule has 0 aliphatic heterocycles. The van der Waals surface area contributed by atoms with Crippen molar-refractivity contribution in [3.63, 3.8) is 0 Å². The van der Waals surface area contributed by atoms with Crippen LogP contribution in [0.15, 0.2) is 45.6 Å². The summed E-state index contributed by atoms with van der Waals surface area (Å²) in [6, 6.07) is 8.24. The topological polar surface area (TPSA) is 68.9 Å². The first-order valence-corrected chi connectivity index (χ1v) is 6.73. The van der Waals surface area contributed by atoms with E-state index in [1.54, 1.807) is 0 Å². The fraction of sp³-hybridized carbons (Fsp3) is 0.118. The Labute approximate surface area is 130 Å². The van der Waals surface area contributed by atoms with Crippen molar-refractivity contribution in [1.29, 1.82) is 0 Å². The van der Waals surface area contributed by atoms with Crippen LogP contribution in [0.4, 0.5) is 4.39 Å². The molecule has 0 aliphatic rings. The number of rotatable bonds is 3. The smallest absolute Gasteiger partial charge is 0.204 e. The van der Waals surface area contributed by atoms with E-state index in [0.29, 0.717) is 5.56 Å². The number of halogens is 1. The Kier molecular flexibility index (Phi) is 3.65. The molecular weight excluding hydrogens is 303 g/mol. The number of methoxy groups -OCH3 is 2. The second-order valence-corrected chi connectivity index (χ2v) is 4.82. The van der Waals surface area contributed by atoms with E-state index in [2.05, 4.69) is 0 Å². The number of fused-ring (bicyclic) bond motifs is 1. The number of benzene rings is 2. The maximum absolute atomic E-state index is 13.0. The average molecular weight is 316 g/mol. The van der Waals surface area contributed by atoms with E-state index in [-0.39, 0.29) is 39.8 Å². The van der Waals surface area contributed by atoms with Gasteiger partial charge in [0, 0.05) is 17.7 Å². The molecule has 0 saturated carbocycles. The van der Waals surface area contributed by atoms with Gasteiger partial charge in [-0.15, -0.1) is 0 Å². The zero-order chi connectivity index (χ0) is 16.6. The van der Waals surface area contributed by atoms with Crippen LogP contribution < -0.4 is 14.9 Å². The number of ether oxygens (including phenoxy) is 2. The molecule has 118 valence electrons. The van der Waals surface area contributed by atoms with Crippen LogP contribution in [0, 0.1) is 5.82 Å². The minimum Gasteiger partial charge on any atom is -0.504 e. The summed E-state index contributed by atoms with van der Waals surface area (Å²) in [5.41, 5.74) is 0.246. The number of phenols is 1. The van der Waals surface area contributed by atoms with Crippen molar-refractivity contribution in [2.24, 2.45) is 0 Å². The molecule has 0 bridgehead atoms. The van der Waals surface area contributed by atoms with Crippen molar-refractivity contribution in [3.05, 3.63) is 52.4 Å². The van der Waals surface area contributed by atoms with Crippen LogP contribution in [0.2, 0.25) is 0 Å². The summed E-state index contributed by atoms with van der Waals surface area (Å²) in [6.45, 7) is 0. The largest absolute Gasteiger partial charge is 0.504 e. The molecule has 23 heavy (non-hydrogen) atoms. The molecule has 3 aromatic rings. The normalized spacial score (nSPS) is 10.7. The Balaban J connectivity index is 2.30. The van der Waals surface area contributed by atoms with Crippen LogP contribution in [0.5, 0.6) is 17.2 Å². The van der Waals surface area contributed by atoms with Crippen LogP contribution in [0.1, 0.15) is 0 Å². The van der Waals surface area contributed by atoms with Gasteiger partial charge in [0.1, 0.15) is 22.5 Å². The monoisotopic (exact) mass is 316 g/mol. The zero-order valence-electron chi connectivity index (χ0n) is 12.4. The van der Waals surface area contributed by atoms with Crippen LogP contribution in [-0.2, 0) is 0 Å². The Bertz CT molecular complexity index is 928. The van der Waals surface area contributed by atoms with Gasteiger partial charge in [-0.25, -0.2) is 4.39 Å². The van der Waals surface area contributed by atoms with Crippen molar-refractivity contribution >= 4 is 11.0 Å². The minimum atomic E-state index is -0.441. The molecule has 2 aromatic carbocycles. The first-order valence-electron chi connectivity index (χ1n) is 6.73. The van der Waals surface area contributed by atoms with Crippen LogP contribution in [-0.4, -0.2) is 19.3 Å². The molecule has 0 amide bonds. The molecule has 0 aliphatic carbocycles. The van der Waals surface area contributed by atoms with E-state index in [1.165, 1.54) is 50.6 Å². The van der Waals surface area contributed by atoms with Crippen LogP contribution >= 0.6 is 0 Å². The molecule has 1 heterocycles. The first kappa shape index (κ1) is 14.9. The highest BCUT2D eigenvalue weighted by molar-refractivity contribution is 5.89. The van der Waals surface area contributed by atoms with Gasteiger partial charge in [0.15, 0.2) is 16.9 Å². The Morgan fingerprint density at radius 3 is 2.39 bits per heavy atom. The third-order valence-corrected chi connectivity index (χ3v) is 3.47. The quantitative estimate of drug-likeness (QED) is 0.803. The minimum absolute atomic E-state index is 0.00601. The molecule has 0 unspecified atom stereocenters.